The maximum absolute atomic E-state index is 12.0. The van der Waals surface area contributed by atoms with Gasteiger partial charge in [-0.1, -0.05) is 29.8 Å². The quantitative estimate of drug-likeness (QED) is 0.746. The fourth-order valence-corrected chi connectivity index (χ4v) is 3.38. The highest BCUT2D eigenvalue weighted by molar-refractivity contribution is 7.15. The van der Waals surface area contributed by atoms with Crippen molar-refractivity contribution in [3.63, 3.8) is 0 Å². The lowest BCUT2D eigenvalue weighted by atomic mass is 10.1. The van der Waals surface area contributed by atoms with Crippen LogP contribution in [-0.2, 0) is 17.8 Å². The van der Waals surface area contributed by atoms with Crippen molar-refractivity contribution >= 4 is 22.4 Å². The highest BCUT2D eigenvalue weighted by Crippen LogP contribution is 2.25. The van der Waals surface area contributed by atoms with Crippen molar-refractivity contribution in [2.75, 3.05) is 5.32 Å². The van der Waals surface area contributed by atoms with Crippen LogP contribution in [0.25, 0.3) is 0 Å². The zero-order valence-electron chi connectivity index (χ0n) is 13.8. The summed E-state index contributed by atoms with van der Waals surface area (Å²) in [7, 11) is 0. The predicted molar refractivity (Wildman–Crippen MR) is 96.3 cm³/mol. The van der Waals surface area contributed by atoms with E-state index in [9.17, 15) is 4.79 Å². The lowest BCUT2D eigenvalue weighted by Gasteiger charge is -2.02. The average molecular weight is 340 g/mol. The molecular weight excluding hydrogens is 320 g/mol. The first kappa shape index (κ1) is 16.4. The first-order valence-electron chi connectivity index (χ1n) is 7.89. The molecule has 3 rings (SSSR count). The molecule has 1 aromatic carbocycles. The molecule has 0 aliphatic heterocycles. The smallest absolute Gasteiger partial charge is 0.228 e. The summed E-state index contributed by atoms with van der Waals surface area (Å²) in [6.07, 6.45) is 4.78. The van der Waals surface area contributed by atoms with Crippen LogP contribution in [-0.4, -0.2) is 20.7 Å². The maximum atomic E-state index is 12.0. The van der Waals surface area contributed by atoms with Crippen LogP contribution in [0.3, 0.4) is 0 Å². The summed E-state index contributed by atoms with van der Waals surface area (Å²) < 4.78 is 1.75. The molecule has 1 N–H and O–H groups in total. The van der Waals surface area contributed by atoms with Gasteiger partial charge in [-0.2, -0.15) is 5.10 Å². The van der Waals surface area contributed by atoms with Gasteiger partial charge in [-0.25, -0.2) is 4.98 Å². The number of benzene rings is 1. The highest BCUT2D eigenvalue weighted by Gasteiger charge is 2.11. The second-order valence-electron chi connectivity index (χ2n) is 5.76. The van der Waals surface area contributed by atoms with Gasteiger partial charge in [0.05, 0.1) is 5.69 Å². The van der Waals surface area contributed by atoms with E-state index in [-0.39, 0.29) is 5.91 Å². The van der Waals surface area contributed by atoms with Gasteiger partial charge >= 0.3 is 0 Å². The number of rotatable bonds is 6. The van der Waals surface area contributed by atoms with Crippen LogP contribution in [0.1, 0.15) is 28.1 Å². The molecule has 0 saturated heterocycles. The van der Waals surface area contributed by atoms with Gasteiger partial charge in [0, 0.05) is 36.7 Å². The van der Waals surface area contributed by atoms with Gasteiger partial charge in [-0.15, -0.1) is 11.3 Å². The van der Waals surface area contributed by atoms with Gasteiger partial charge in [0.15, 0.2) is 5.13 Å². The van der Waals surface area contributed by atoms with Crippen molar-refractivity contribution in [2.24, 2.45) is 0 Å². The monoisotopic (exact) mass is 340 g/mol. The van der Waals surface area contributed by atoms with E-state index >= 15 is 0 Å². The van der Waals surface area contributed by atoms with Gasteiger partial charge in [0.25, 0.3) is 0 Å². The molecule has 0 atom stereocenters. The van der Waals surface area contributed by atoms with Gasteiger partial charge in [0.1, 0.15) is 0 Å². The Kier molecular flexibility index (Phi) is 5.05. The number of amides is 1. The van der Waals surface area contributed by atoms with Crippen LogP contribution in [0.5, 0.6) is 0 Å². The Labute approximate surface area is 145 Å². The van der Waals surface area contributed by atoms with Crippen LogP contribution in [0, 0.1) is 13.8 Å². The number of hydrogen-bond acceptors (Lipinski definition) is 4. The summed E-state index contributed by atoms with van der Waals surface area (Å²) >= 11 is 1.54. The number of aryl methyl sites for hydroxylation is 3. The topological polar surface area (TPSA) is 59.8 Å². The Morgan fingerprint density at radius 2 is 2.04 bits per heavy atom. The van der Waals surface area contributed by atoms with Crippen LogP contribution in [0.2, 0.25) is 0 Å². The third-order valence-electron chi connectivity index (χ3n) is 3.75. The van der Waals surface area contributed by atoms with Crippen LogP contribution >= 0.6 is 11.3 Å². The van der Waals surface area contributed by atoms with Gasteiger partial charge in [-0.3, -0.25) is 9.48 Å². The highest BCUT2D eigenvalue weighted by atomic mass is 32.1. The molecule has 0 aliphatic carbocycles. The molecule has 0 aliphatic rings. The Hall–Kier alpha value is -2.47. The predicted octanol–water partition coefficient (Wildman–Crippen LogP) is 3.58. The second-order valence-corrected chi connectivity index (χ2v) is 6.84. The molecule has 2 heterocycles. The third-order valence-corrected chi connectivity index (χ3v) is 4.82. The van der Waals surface area contributed by atoms with E-state index in [4.69, 9.17) is 0 Å². The number of hydrogen-bond donors (Lipinski definition) is 1. The van der Waals surface area contributed by atoms with E-state index in [2.05, 4.69) is 46.6 Å². The van der Waals surface area contributed by atoms with Crippen molar-refractivity contribution in [1.29, 1.82) is 0 Å². The molecule has 2 aromatic heterocycles. The van der Waals surface area contributed by atoms with Gasteiger partial charge in [-0.05, 0) is 25.5 Å². The Morgan fingerprint density at radius 3 is 2.75 bits per heavy atom. The molecule has 24 heavy (non-hydrogen) atoms. The van der Waals surface area contributed by atoms with Crippen LogP contribution in [0.4, 0.5) is 5.13 Å². The summed E-state index contributed by atoms with van der Waals surface area (Å²) in [5.41, 5.74) is 3.48. The van der Waals surface area contributed by atoms with Crippen LogP contribution in [0.15, 0.2) is 42.7 Å². The summed E-state index contributed by atoms with van der Waals surface area (Å²) in [4.78, 5) is 17.7. The van der Waals surface area contributed by atoms with E-state index in [0.29, 0.717) is 18.1 Å². The number of aromatic nitrogens is 3. The zero-order valence-corrected chi connectivity index (χ0v) is 14.6. The molecule has 0 spiro atoms. The van der Waals surface area contributed by atoms with E-state index in [1.165, 1.54) is 16.0 Å². The lowest BCUT2D eigenvalue weighted by Crippen LogP contribution is -2.14. The molecule has 0 radical (unpaired) electrons. The minimum Gasteiger partial charge on any atom is -0.302 e. The minimum absolute atomic E-state index is 0.0406. The van der Waals surface area contributed by atoms with Crippen LogP contribution < -0.4 is 5.32 Å². The normalized spacial score (nSPS) is 10.8. The molecule has 0 bridgehead atoms. The van der Waals surface area contributed by atoms with Gasteiger partial charge < -0.3 is 5.32 Å². The number of nitrogens with zero attached hydrogens (tertiary/aromatic N) is 3. The molecule has 124 valence electrons. The number of thiazole rings is 1. The van der Waals surface area contributed by atoms with E-state index < -0.39 is 0 Å². The lowest BCUT2D eigenvalue weighted by molar-refractivity contribution is -0.116. The number of anilines is 1. The van der Waals surface area contributed by atoms with Crippen molar-refractivity contribution in [1.82, 2.24) is 14.8 Å². The Balaban J connectivity index is 1.58. The molecular formula is C18H20N4OS. The third kappa shape index (κ3) is 4.29. The largest absolute Gasteiger partial charge is 0.302 e. The Morgan fingerprint density at radius 1 is 1.25 bits per heavy atom. The average Bonchev–Trinajstić information content (AvgIpc) is 3.18. The molecule has 0 unspecified atom stereocenters. The van der Waals surface area contributed by atoms with Crippen molar-refractivity contribution < 1.29 is 4.79 Å². The Bertz CT molecular complexity index is 806. The maximum Gasteiger partial charge on any atom is 0.228 e. The summed E-state index contributed by atoms with van der Waals surface area (Å²) in [5.74, 6) is -0.0406. The summed E-state index contributed by atoms with van der Waals surface area (Å²) in [5, 5.41) is 7.64. The fraction of sp³-hybridized carbons (Fsp3) is 0.278. The molecule has 0 fully saturated rings. The number of carbonyl (C=O) groups excluding carboxylic acids is 1. The van der Waals surface area contributed by atoms with Crippen molar-refractivity contribution in [3.8, 4) is 0 Å². The molecule has 1 amide bonds. The number of nitrogens with one attached hydrogen (secondary N) is 1. The second kappa shape index (κ2) is 7.40. The zero-order chi connectivity index (χ0) is 16.9. The van der Waals surface area contributed by atoms with E-state index in [0.717, 1.165) is 12.1 Å². The first-order valence-corrected chi connectivity index (χ1v) is 8.71. The number of carbonyl (C=O) groups is 1. The van der Waals surface area contributed by atoms with E-state index in [1.807, 2.05) is 19.2 Å². The molecule has 3 aromatic rings. The minimum atomic E-state index is -0.0406. The fourth-order valence-electron chi connectivity index (χ4n) is 2.37. The van der Waals surface area contributed by atoms with Crippen molar-refractivity contribution in [2.45, 2.75) is 33.2 Å². The van der Waals surface area contributed by atoms with Crippen molar-refractivity contribution in [3.05, 3.63) is 64.4 Å². The molecule has 0 saturated carbocycles. The standard InChI is InChI=1S/C18H20N4OS/c1-13-4-6-15(7-5-13)12-16-14(2)20-18(24-16)21-17(23)8-11-22-10-3-9-19-22/h3-7,9-10H,8,11-12H2,1-2H3,(H,20,21,23). The summed E-state index contributed by atoms with van der Waals surface area (Å²) in [6.45, 7) is 4.64. The summed E-state index contributed by atoms with van der Waals surface area (Å²) in [6, 6.07) is 10.3. The molecule has 5 nitrogen and oxygen atoms in total. The SMILES string of the molecule is Cc1ccc(Cc2sc(NC(=O)CCn3cccn3)nc2C)cc1. The van der Waals surface area contributed by atoms with Gasteiger partial charge in [0.2, 0.25) is 5.91 Å². The molecule has 6 heteroatoms. The van der Waals surface area contributed by atoms with E-state index in [1.54, 1.807) is 22.2 Å². The first-order chi connectivity index (χ1) is 11.6.